The lowest BCUT2D eigenvalue weighted by molar-refractivity contribution is -0.889. The van der Waals surface area contributed by atoms with Gasteiger partial charge in [0.25, 0.3) is 0 Å². The average Bonchev–Trinajstić information content (AvgIpc) is 3.09. The van der Waals surface area contributed by atoms with Crippen LogP contribution in [-0.4, -0.2) is 75.5 Å². The predicted octanol–water partition coefficient (Wildman–Crippen LogP) is 8.18. The van der Waals surface area contributed by atoms with Crippen molar-refractivity contribution < 1.29 is 38.2 Å². The molecular weight excluding hydrogens is 654 g/mol. The largest absolute Gasteiger partial charge is 0.544 e. The van der Waals surface area contributed by atoms with Gasteiger partial charge in [0, 0.05) is 19.3 Å². The van der Waals surface area contributed by atoms with E-state index in [0.29, 0.717) is 12.8 Å². The fourth-order valence-electron chi connectivity index (χ4n) is 4.47. The second-order valence-corrected chi connectivity index (χ2v) is 12.9. The zero-order valence-electron chi connectivity index (χ0n) is 32.4. The molecule has 0 saturated carbocycles. The van der Waals surface area contributed by atoms with Crippen LogP contribution in [0.1, 0.15) is 84.5 Å². The van der Waals surface area contributed by atoms with Crippen molar-refractivity contribution in [2.75, 3.05) is 41.0 Å². The summed E-state index contributed by atoms with van der Waals surface area (Å²) in [5, 5.41) is 11.6. The second-order valence-electron chi connectivity index (χ2n) is 12.9. The Balaban J connectivity index is 4.69. The molecule has 0 amide bonds. The maximum atomic E-state index is 12.6. The van der Waals surface area contributed by atoms with Crippen molar-refractivity contribution in [2.45, 2.75) is 96.6 Å². The Kier molecular flexibility index (Phi) is 31.1. The highest BCUT2D eigenvalue weighted by molar-refractivity contribution is 5.70. The average molecular weight is 720 g/mol. The summed E-state index contributed by atoms with van der Waals surface area (Å²) in [4.78, 5) is 36.6. The van der Waals surface area contributed by atoms with E-state index in [1.54, 1.807) is 21.1 Å². The van der Waals surface area contributed by atoms with Gasteiger partial charge in [-0.3, -0.25) is 9.59 Å². The van der Waals surface area contributed by atoms with E-state index in [0.717, 1.165) is 38.5 Å². The third-order valence-electron chi connectivity index (χ3n) is 7.35. The van der Waals surface area contributed by atoms with Crippen LogP contribution in [0.2, 0.25) is 0 Å². The van der Waals surface area contributed by atoms with Crippen LogP contribution < -0.4 is 5.11 Å². The number of aliphatic carboxylic acids is 1. The molecular formula is C44H65NO7. The standard InChI is InChI=1S/C44H65NO7/c1-6-8-10-12-14-16-18-20-21-23-25-27-29-31-33-35-43(47)52-40(38-50-37-36-41(44(48)49)45(3,4)5)39-51-42(46)34-32-30-28-26-24-22-19-17-15-13-11-9-7-2/h8-26,28,40-41H,6-7,27,29-39H2,1-5H3/b10-8+,11-9+,14-12+,15-13+,18-16+,19-17+,21-20+,24-22+,25-23+,28-26+. The van der Waals surface area contributed by atoms with Crippen molar-refractivity contribution in [1.29, 1.82) is 0 Å². The monoisotopic (exact) mass is 719 g/mol. The molecule has 288 valence electrons. The van der Waals surface area contributed by atoms with Crippen molar-refractivity contribution in [3.63, 3.8) is 0 Å². The lowest BCUT2D eigenvalue weighted by Crippen LogP contribution is -2.55. The van der Waals surface area contributed by atoms with E-state index in [1.165, 1.54) is 0 Å². The number of carboxylic acid groups (broad SMARTS) is 1. The zero-order valence-corrected chi connectivity index (χ0v) is 32.4. The molecule has 2 atom stereocenters. The first-order valence-corrected chi connectivity index (χ1v) is 18.7. The number of ether oxygens (including phenoxy) is 3. The molecule has 8 nitrogen and oxygen atoms in total. The second kappa shape index (κ2) is 33.9. The van der Waals surface area contributed by atoms with Crippen LogP contribution in [0.5, 0.6) is 0 Å². The molecule has 0 spiro atoms. The van der Waals surface area contributed by atoms with Crippen LogP contribution >= 0.6 is 0 Å². The van der Waals surface area contributed by atoms with Gasteiger partial charge >= 0.3 is 11.9 Å². The van der Waals surface area contributed by atoms with Gasteiger partial charge in [0.15, 0.2) is 6.10 Å². The Morgan fingerprint density at radius 1 is 0.577 bits per heavy atom. The van der Waals surface area contributed by atoms with Crippen LogP contribution in [0.25, 0.3) is 0 Å². The number of hydrogen-bond acceptors (Lipinski definition) is 7. The van der Waals surface area contributed by atoms with Gasteiger partial charge in [-0.25, -0.2) is 0 Å². The number of allylic oxidation sites excluding steroid dienone is 20. The smallest absolute Gasteiger partial charge is 0.306 e. The lowest BCUT2D eigenvalue weighted by Gasteiger charge is -2.34. The fourth-order valence-corrected chi connectivity index (χ4v) is 4.47. The Morgan fingerprint density at radius 2 is 1.04 bits per heavy atom. The number of likely N-dealkylation sites (N-methyl/N-ethyl adjacent to an activating group) is 1. The van der Waals surface area contributed by atoms with Crippen molar-refractivity contribution in [1.82, 2.24) is 0 Å². The molecule has 0 aromatic rings. The molecule has 0 aliphatic heterocycles. The number of esters is 2. The molecule has 0 rings (SSSR count). The van der Waals surface area contributed by atoms with Gasteiger partial charge in [0.1, 0.15) is 12.6 Å². The summed E-state index contributed by atoms with van der Waals surface area (Å²) in [5.74, 6) is -1.91. The maximum Gasteiger partial charge on any atom is 0.306 e. The van der Waals surface area contributed by atoms with Crippen LogP contribution in [-0.2, 0) is 28.6 Å². The number of hydrogen-bond donors (Lipinski definition) is 0. The van der Waals surface area contributed by atoms with E-state index in [-0.39, 0.29) is 55.5 Å². The van der Waals surface area contributed by atoms with Crippen molar-refractivity contribution in [2.24, 2.45) is 0 Å². The van der Waals surface area contributed by atoms with Gasteiger partial charge in [-0.1, -0.05) is 142 Å². The van der Waals surface area contributed by atoms with E-state index < -0.39 is 18.1 Å². The quantitative estimate of drug-likeness (QED) is 0.0320. The summed E-state index contributed by atoms with van der Waals surface area (Å²) in [6.07, 6.45) is 46.7. The number of rotatable bonds is 30. The van der Waals surface area contributed by atoms with Gasteiger partial charge < -0.3 is 28.6 Å². The van der Waals surface area contributed by atoms with E-state index in [9.17, 15) is 19.5 Å². The van der Waals surface area contributed by atoms with Crippen molar-refractivity contribution >= 4 is 17.9 Å². The SMILES string of the molecule is CC/C=C/C=C/C=C/C=C/C=C/CCCCCC(=O)OC(COCCC(C(=O)[O-])[N+](C)(C)C)COC(=O)CCC/C=C/C=C/C=C/C=C/C=C/CC. The predicted molar refractivity (Wildman–Crippen MR) is 212 cm³/mol. The third-order valence-corrected chi connectivity index (χ3v) is 7.35. The minimum Gasteiger partial charge on any atom is -0.544 e. The summed E-state index contributed by atoms with van der Waals surface area (Å²) in [6, 6.07) is -0.752. The first kappa shape index (κ1) is 47.7. The molecule has 0 heterocycles. The molecule has 0 aliphatic carbocycles. The third kappa shape index (κ3) is 31.7. The van der Waals surface area contributed by atoms with Crippen LogP contribution in [0.4, 0.5) is 0 Å². The summed E-state index contributed by atoms with van der Waals surface area (Å²) in [6.45, 7) is 4.19. The highest BCUT2D eigenvalue weighted by Crippen LogP contribution is 2.10. The number of carbonyl (C=O) groups is 3. The molecule has 0 fully saturated rings. The van der Waals surface area contributed by atoms with Crippen LogP contribution in [0.15, 0.2) is 122 Å². The zero-order chi connectivity index (χ0) is 38.5. The number of carboxylic acids is 1. The highest BCUT2D eigenvalue weighted by atomic mass is 16.6. The molecule has 52 heavy (non-hydrogen) atoms. The molecule has 0 saturated heterocycles. The number of nitrogens with zero attached hydrogens (tertiary/aromatic N) is 1. The molecule has 0 N–H and O–H groups in total. The van der Waals surface area contributed by atoms with Gasteiger partial charge in [-0.05, 0) is 44.9 Å². The molecule has 0 aromatic heterocycles. The molecule has 8 heteroatoms. The Labute approximate surface area is 314 Å². The minimum absolute atomic E-state index is 0.00955. The fraction of sp³-hybridized carbons (Fsp3) is 0.477. The van der Waals surface area contributed by atoms with Crippen LogP contribution in [0, 0.1) is 0 Å². The van der Waals surface area contributed by atoms with Gasteiger partial charge in [0.05, 0.1) is 40.3 Å². The van der Waals surface area contributed by atoms with Gasteiger partial charge in [0.2, 0.25) is 0 Å². The Bertz CT molecular complexity index is 1260. The summed E-state index contributed by atoms with van der Waals surface area (Å²) >= 11 is 0. The van der Waals surface area contributed by atoms with Gasteiger partial charge in [-0.2, -0.15) is 0 Å². The normalized spacial score (nSPS) is 14.4. The van der Waals surface area contributed by atoms with Gasteiger partial charge in [-0.15, -0.1) is 0 Å². The molecule has 0 aliphatic rings. The Morgan fingerprint density at radius 3 is 1.52 bits per heavy atom. The number of unbranched alkanes of at least 4 members (excludes halogenated alkanes) is 4. The minimum atomic E-state index is -1.15. The summed E-state index contributed by atoms with van der Waals surface area (Å²) < 4.78 is 16.9. The maximum absolute atomic E-state index is 12.6. The van der Waals surface area contributed by atoms with Crippen molar-refractivity contribution in [3.05, 3.63) is 122 Å². The van der Waals surface area contributed by atoms with Crippen LogP contribution in [0.3, 0.4) is 0 Å². The topological polar surface area (TPSA) is 102 Å². The van der Waals surface area contributed by atoms with E-state index >= 15 is 0 Å². The van der Waals surface area contributed by atoms with Crippen molar-refractivity contribution in [3.8, 4) is 0 Å². The van der Waals surface area contributed by atoms with E-state index in [2.05, 4.69) is 32.1 Å². The summed E-state index contributed by atoms with van der Waals surface area (Å²) in [5.41, 5.74) is 0. The number of quaternary nitrogens is 1. The Hall–Kier alpha value is -4.27. The molecule has 2 unspecified atom stereocenters. The first-order valence-electron chi connectivity index (χ1n) is 18.7. The van der Waals surface area contributed by atoms with E-state index in [4.69, 9.17) is 14.2 Å². The van der Waals surface area contributed by atoms with E-state index in [1.807, 2.05) is 103 Å². The summed E-state index contributed by atoms with van der Waals surface area (Å²) in [7, 11) is 5.34. The molecule has 0 radical (unpaired) electrons. The molecule has 0 bridgehead atoms. The molecule has 0 aromatic carbocycles. The lowest BCUT2D eigenvalue weighted by atomic mass is 10.1. The highest BCUT2D eigenvalue weighted by Gasteiger charge is 2.25. The number of carbonyl (C=O) groups excluding carboxylic acids is 3. The first-order chi connectivity index (χ1) is 25.1.